The largest absolute Gasteiger partial charge is 0.372 e. The average Bonchev–Trinajstić information content (AvgIpc) is 3.57. The number of ether oxygens (including phenoxy) is 1. The fraction of sp³-hybridized carbons (Fsp3) is 0.440. The van der Waals surface area contributed by atoms with E-state index < -0.39 is 0 Å². The van der Waals surface area contributed by atoms with Crippen molar-refractivity contribution in [2.24, 2.45) is 0 Å². The summed E-state index contributed by atoms with van der Waals surface area (Å²) in [7, 11) is 0. The summed E-state index contributed by atoms with van der Waals surface area (Å²) in [5.74, 6) is 0.0231. The van der Waals surface area contributed by atoms with Crippen LogP contribution in [0.1, 0.15) is 48.2 Å². The first-order chi connectivity index (χ1) is 14.9. The molecule has 2 atom stereocenters. The summed E-state index contributed by atoms with van der Waals surface area (Å²) in [5, 5.41) is 5.92. The smallest absolute Gasteiger partial charge is 0.315 e. The SMILES string of the molecule is CC1CN(C(=O)c2ccc(CNC(=O)NCC3(c4ccccc4)CC3)cc2)CC(C)O1. The zero-order chi connectivity index (χ0) is 21.8. The molecule has 6 nitrogen and oxygen atoms in total. The molecule has 31 heavy (non-hydrogen) atoms. The van der Waals surface area contributed by atoms with Gasteiger partial charge in [0.15, 0.2) is 0 Å². The monoisotopic (exact) mass is 421 g/mol. The van der Waals surface area contributed by atoms with E-state index in [1.54, 1.807) is 0 Å². The van der Waals surface area contributed by atoms with Crippen LogP contribution in [0.3, 0.4) is 0 Å². The Balaban J connectivity index is 1.25. The lowest BCUT2D eigenvalue weighted by Gasteiger charge is -2.35. The summed E-state index contributed by atoms with van der Waals surface area (Å²) in [6.07, 6.45) is 2.30. The lowest BCUT2D eigenvalue weighted by molar-refractivity contribution is -0.0586. The summed E-state index contributed by atoms with van der Waals surface area (Å²) in [6, 6.07) is 17.7. The van der Waals surface area contributed by atoms with Crippen LogP contribution in [0.4, 0.5) is 4.79 Å². The van der Waals surface area contributed by atoms with Gasteiger partial charge in [0.05, 0.1) is 12.2 Å². The number of morpholine rings is 1. The molecule has 1 heterocycles. The van der Waals surface area contributed by atoms with E-state index in [0.717, 1.165) is 18.4 Å². The first kappa shape index (κ1) is 21.4. The summed E-state index contributed by atoms with van der Waals surface area (Å²) in [6.45, 7) is 6.26. The van der Waals surface area contributed by atoms with Gasteiger partial charge in [-0.1, -0.05) is 42.5 Å². The minimum absolute atomic E-state index is 0.0231. The maximum absolute atomic E-state index is 12.8. The predicted octanol–water partition coefficient (Wildman–Crippen LogP) is 3.47. The van der Waals surface area contributed by atoms with Gasteiger partial charge in [0.2, 0.25) is 0 Å². The van der Waals surface area contributed by atoms with E-state index in [2.05, 4.69) is 22.8 Å². The summed E-state index contributed by atoms with van der Waals surface area (Å²) in [5.41, 5.74) is 3.00. The maximum Gasteiger partial charge on any atom is 0.315 e. The molecular weight excluding hydrogens is 390 g/mol. The Morgan fingerprint density at radius 1 is 0.968 bits per heavy atom. The quantitative estimate of drug-likeness (QED) is 0.750. The van der Waals surface area contributed by atoms with Gasteiger partial charge in [-0.05, 0) is 49.9 Å². The van der Waals surface area contributed by atoms with Crippen molar-refractivity contribution >= 4 is 11.9 Å². The van der Waals surface area contributed by atoms with Crippen LogP contribution in [0.5, 0.6) is 0 Å². The lowest BCUT2D eigenvalue weighted by atomic mass is 9.96. The van der Waals surface area contributed by atoms with E-state index in [1.807, 2.05) is 61.2 Å². The number of hydrogen-bond acceptors (Lipinski definition) is 3. The summed E-state index contributed by atoms with van der Waals surface area (Å²) < 4.78 is 5.71. The third-order valence-corrected chi connectivity index (χ3v) is 6.19. The predicted molar refractivity (Wildman–Crippen MR) is 120 cm³/mol. The van der Waals surface area contributed by atoms with Crippen molar-refractivity contribution in [2.75, 3.05) is 19.6 Å². The molecule has 2 aliphatic rings. The Bertz CT molecular complexity index is 899. The van der Waals surface area contributed by atoms with Crippen molar-refractivity contribution < 1.29 is 14.3 Å². The van der Waals surface area contributed by atoms with Gasteiger partial charge >= 0.3 is 6.03 Å². The summed E-state index contributed by atoms with van der Waals surface area (Å²) in [4.78, 5) is 26.9. The average molecular weight is 422 g/mol. The number of rotatable bonds is 6. The highest BCUT2D eigenvalue weighted by Crippen LogP contribution is 2.47. The van der Waals surface area contributed by atoms with Gasteiger partial charge in [-0.2, -0.15) is 0 Å². The van der Waals surface area contributed by atoms with Crippen molar-refractivity contribution in [3.05, 3.63) is 71.3 Å². The second-order valence-corrected chi connectivity index (χ2v) is 8.85. The van der Waals surface area contributed by atoms with Gasteiger partial charge in [-0.15, -0.1) is 0 Å². The highest BCUT2D eigenvalue weighted by molar-refractivity contribution is 5.94. The van der Waals surface area contributed by atoms with Crippen molar-refractivity contribution in [3.63, 3.8) is 0 Å². The molecular formula is C25H31N3O3. The number of amides is 3. The minimum atomic E-state index is -0.168. The van der Waals surface area contributed by atoms with Crippen LogP contribution in [-0.2, 0) is 16.7 Å². The molecule has 2 aromatic rings. The van der Waals surface area contributed by atoms with Gasteiger partial charge in [-0.25, -0.2) is 4.79 Å². The van der Waals surface area contributed by atoms with Gasteiger partial charge in [0, 0.05) is 37.2 Å². The van der Waals surface area contributed by atoms with Crippen LogP contribution in [0.25, 0.3) is 0 Å². The van der Waals surface area contributed by atoms with Crippen LogP contribution in [0.15, 0.2) is 54.6 Å². The first-order valence-electron chi connectivity index (χ1n) is 11.1. The van der Waals surface area contributed by atoms with Gasteiger partial charge in [0.1, 0.15) is 0 Å². The molecule has 164 valence electrons. The minimum Gasteiger partial charge on any atom is -0.372 e. The molecule has 1 saturated heterocycles. The first-order valence-corrected chi connectivity index (χ1v) is 11.1. The molecule has 4 rings (SSSR count). The molecule has 0 radical (unpaired) electrons. The van der Waals surface area contributed by atoms with Crippen LogP contribution in [0.2, 0.25) is 0 Å². The Kier molecular flexibility index (Phi) is 6.28. The fourth-order valence-electron chi connectivity index (χ4n) is 4.30. The van der Waals surface area contributed by atoms with E-state index in [-0.39, 0.29) is 29.6 Å². The molecule has 0 spiro atoms. The number of nitrogens with one attached hydrogen (secondary N) is 2. The van der Waals surface area contributed by atoms with Gasteiger partial charge < -0.3 is 20.3 Å². The second kappa shape index (κ2) is 9.10. The molecule has 0 aromatic heterocycles. The Hall–Kier alpha value is -2.86. The standard InChI is InChI=1S/C25H31N3O3/c1-18-15-28(16-19(2)31-18)23(29)21-10-8-20(9-11-21)14-26-24(30)27-17-25(12-13-25)22-6-4-3-5-7-22/h3-11,18-19H,12-17H2,1-2H3,(H2,26,27,30). The Labute approximate surface area is 184 Å². The Morgan fingerprint density at radius 3 is 2.23 bits per heavy atom. The third-order valence-electron chi connectivity index (χ3n) is 6.19. The Morgan fingerprint density at radius 2 is 1.61 bits per heavy atom. The zero-order valence-corrected chi connectivity index (χ0v) is 18.3. The number of urea groups is 1. The normalized spacial score (nSPS) is 21.9. The number of carbonyl (C=O) groups is 2. The van der Waals surface area contributed by atoms with E-state index in [4.69, 9.17) is 4.74 Å². The molecule has 6 heteroatoms. The molecule has 2 N–H and O–H groups in total. The molecule has 1 aliphatic heterocycles. The molecule has 1 aliphatic carbocycles. The van der Waals surface area contributed by atoms with Crippen molar-refractivity contribution in [1.29, 1.82) is 0 Å². The number of carbonyl (C=O) groups excluding carboxylic acids is 2. The maximum atomic E-state index is 12.8. The molecule has 2 aromatic carbocycles. The number of nitrogens with zero attached hydrogens (tertiary/aromatic N) is 1. The molecule has 0 bridgehead atoms. The van der Waals surface area contributed by atoms with E-state index in [9.17, 15) is 9.59 Å². The molecule has 2 fully saturated rings. The van der Waals surface area contributed by atoms with Crippen molar-refractivity contribution in [2.45, 2.75) is 50.9 Å². The molecule has 2 unspecified atom stereocenters. The van der Waals surface area contributed by atoms with Crippen LogP contribution >= 0.6 is 0 Å². The topological polar surface area (TPSA) is 70.7 Å². The summed E-state index contributed by atoms with van der Waals surface area (Å²) >= 11 is 0. The zero-order valence-electron chi connectivity index (χ0n) is 18.3. The highest BCUT2D eigenvalue weighted by atomic mass is 16.5. The van der Waals surface area contributed by atoms with Crippen molar-refractivity contribution in [1.82, 2.24) is 15.5 Å². The fourth-order valence-corrected chi connectivity index (χ4v) is 4.30. The van der Waals surface area contributed by atoms with E-state index >= 15 is 0 Å². The van der Waals surface area contributed by atoms with Crippen LogP contribution in [-0.4, -0.2) is 48.7 Å². The number of hydrogen-bond donors (Lipinski definition) is 2. The van der Waals surface area contributed by atoms with Crippen LogP contribution < -0.4 is 10.6 Å². The second-order valence-electron chi connectivity index (χ2n) is 8.85. The third kappa shape index (κ3) is 5.25. The van der Waals surface area contributed by atoms with E-state index in [0.29, 0.717) is 31.7 Å². The molecule has 3 amide bonds. The highest BCUT2D eigenvalue weighted by Gasteiger charge is 2.44. The van der Waals surface area contributed by atoms with Crippen molar-refractivity contribution in [3.8, 4) is 0 Å². The van der Waals surface area contributed by atoms with Gasteiger partial charge in [0.25, 0.3) is 5.91 Å². The van der Waals surface area contributed by atoms with Crippen LogP contribution in [0, 0.1) is 0 Å². The lowest BCUT2D eigenvalue weighted by Crippen LogP contribution is -2.48. The van der Waals surface area contributed by atoms with E-state index in [1.165, 1.54) is 5.56 Å². The number of benzene rings is 2. The van der Waals surface area contributed by atoms with Gasteiger partial charge in [-0.3, -0.25) is 4.79 Å². The molecule has 1 saturated carbocycles.